The number of carbonyl (C=O) groups excluding carboxylic acids is 3. The summed E-state index contributed by atoms with van der Waals surface area (Å²) in [5.74, 6) is -0.531. The number of aryl methyl sites for hydroxylation is 1. The Kier molecular flexibility index (Phi) is 5.55. The van der Waals surface area contributed by atoms with E-state index >= 15 is 0 Å². The molecule has 1 unspecified atom stereocenters. The van der Waals surface area contributed by atoms with Gasteiger partial charge in [0.25, 0.3) is 0 Å². The number of aromatic nitrogens is 1. The van der Waals surface area contributed by atoms with Gasteiger partial charge in [-0.15, -0.1) is 11.3 Å². The number of rotatable bonds is 5. The van der Waals surface area contributed by atoms with Crippen molar-refractivity contribution in [2.45, 2.75) is 39.7 Å². The maximum atomic E-state index is 12.5. The summed E-state index contributed by atoms with van der Waals surface area (Å²) in [4.78, 5) is 39.7. The predicted molar refractivity (Wildman–Crippen MR) is 106 cm³/mol. The van der Waals surface area contributed by atoms with Crippen molar-refractivity contribution in [3.8, 4) is 11.3 Å². The van der Waals surface area contributed by atoms with Crippen LogP contribution in [0.2, 0.25) is 0 Å². The second-order valence-corrected chi connectivity index (χ2v) is 7.73. The van der Waals surface area contributed by atoms with E-state index in [1.165, 1.54) is 18.3 Å². The van der Waals surface area contributed by atoms with Crippen LogP contribution in [0.1, 0.15) is 32.8 Å². The molecule has 1 aliphatic rings. The van der Waals surface area contributed by atoms with Gasteiger partial charge in [0.15, 0.2) is 5.13 Å². The molecule has 142 valence electrons. The lowest BCUT2D eigenvalue weighted by molar-refractivity contribution is -0.126. The quantitative estimate of drug-likeness (QED) is 0.736. The highest BCUT2D eigenvalue weighted by Crippen LogP contribution is 2.30. The molecule has 1 aromatic carbocycles. The lowest BCUT2D eigenvalue weighted by Crippen LogP contribution is -2.46. The molecule has 0 spiro atoms. The molecule has 1 aromatic heterocycles. The van der Waals surface area contributed by atoms with Gasteiger partial charge in [-0.05, 0) is 30.0 Å². The minimum Gasteiger partial charge on any atom is -0.344 e. The van der Waals surface area contributed by atoms with Gasteiger partial charge in [-0.1, -0.05) is 19.9 Å². The molecule has 1 atom stereocenters. The molecular weight excluding hydrogens is 364 g/mol. The minimum absolute atomic E-state index is 0.0350. The van der Waals surface area contributed by atoms with Gasteiger partial charge in [0.05, 0.1) is 5.69 Å². The number of benzene rings is 1. The zero-order valence-electron chi connectivity index (χ0n) is 15.5. The third-order valence-electron chi connectivity index (χ3n) is 4.34. The number of hydrogen-bond donors (Lipinski definition) is 3. The molecule has 0 saturated heterocycles. The Labute approximate surface area is 161 Å². The van der Waals surface area contributed by atoms with Gasteiger partial charge in [-0.2, -0.15) is 0 Å². The van der Waals surface area contributed by atoms with Gasteiger partial charge in [-0.3, -0.25) is 14.4 Å². The van der Waals surface area contributed by atoms with E-state index in [9.17, 15) is 14.4 Å². The molecule has 0 bridgehead atoms. The second-order valence-electron chi connectivity index (χ2n) is 6.87. The second kappa shape index (κ2) is 7.87. The van der Waals surface area contributed by atoms with E-state index in [0.717, 1.165) is 22.5 Å². The first-order valence-electron chi connectivity index (χ1n) is 8.80. The molecule has 3 amide bonds. The van der Waals surface area contributed by atoms with Gasteiger partial charge in [-0.25, -0.2) is 4.98 Å². The Morgan fingerprint density at radius 1 is 1.26 bits per heavy atom. The van der Waals surface area contributed by atoms with Crippen molar-refractivity contribution < 1.29 is 14.4 Å². The van der Waals surface area contributed by atoms with Crippen LogP contribution in [0.3, 0.4) is 0 Å². The van der Waals surface area contributed by atoms with Gasteiger partial charge < -0.3 is 16.0 Å². The summed E-state index contributed by atoms with van der Waals surface area (Å²) in [6.07, 6.45) is 1.18. The van der Waals surface area contributed by atoms with Crippen molar-refractivity contribution in [3.05, 3.63) is 29.1 Å². The lowest BCUT2D eigenvalue weighted by Gasteiger charge is -2.20. The first kappa shape index (κ1) is 19.0. The molecular formula is C19H22N4O3S. The standard InChI is InChI=1S/C19H22N4O3S/c1-10(2)17(20-11(3)24)18(26)23-19-22-15(9-27-19)13-4-6-14-12(8-13)5-7-16(25)21-14/h4,6,8-10,17H,5,7H2,1-3H3,(H,20,24)(H,21,25)(H,22,23,26). The molecule has 7 nitrogen and oxygen atoms in total. The van der Waals surface area contributed by atoms with Crippen molar-refractivity contribution in [1.82, 2.24) is 10.3 Å². The first-order chi connectivity index (χ1) is 12.8. The smallest absolute Gasteiger partial charge is 0.248 e. The van der Waals surface area contributed by atoms with Gasteiger partial charge >= 0.3 is 0 Å². The highest BCUT2D eigenvalue weighted by molar-refractivity contribution is 7.14. The fourth-order valence-electron chi connectivity index (χ4n) is 2.94. The zero-order valence-corrected chi connectivity index (χ0v) is 16.3. The first-order valence-corrected chi connectivity index (χ1v) is 9.68. The fraction of sp³-hybridized carbons (Fsp3) is 0.368. The van der Waals surface area contributed by atoms with Gasteiger partial charge in [0.2, 0.25) is 17.7 Å². The van der Waals surface area contributed by atoms with Crippen LogP contribution in [0.5, 0.6) is 0 Å². The normalized spacial score (nSPS) is 14.3. The van der Waals surface area contributed by atoms with E-state index in [4.69, 9.17) is 0 Å². The Hall–Kier alpha value is -2.74. The third-order valence-corrected chi connectivity index (χ3v) is 5.10. The summed E-state index contributed by atoms with van der Waals surface area (Å²) in [7, 11) is 0. The molecule has 3 rings (SSSR count). The third kappa shape index (κ3) is 4.51. The maximum Gasteiger partial charge on any atom is 0.248 e. The van der Waals surface area contributed by atoms with Crippen molar-refractivity contribution in [2.75, 3.05) is 10.6 Å². The summed E-state index contributed by atoms with van der Waals surface area (Å²) >= 11 is 1.33. The molecule has 0 radical (unpaired) electrons. The molecule has 0 fully saturated rings. The van der Waals surface area contributed by atoms with Crippen molar-refractivity contribution >= 4 is 39.9 Å². The zero-order chi connectivity index (χ0) is 19.6. The molecule has 8 heteroatoms. The minimum atomic E-state index is -0.609. The number of nitrogens with zero attached hydrogens (tertiary/aromatic N) is 1. The summed E-state index contributed by atoms with van der Waals surface area (Å²) < 4.78 is 0. The lowest BCUT2D eigenvalue weighted by atomic mass is 9.99. The summed E-state index contributed by atoms with van der Waals surface area (Å²) in [6, 6.07) is 5.19. The predicted octanol–water partition coefficient (Wildman–Crippen LogP) is 2.79. The Bertz CT molecular complexity index is 891. The van der Waals surface area contributed by atoms with E-state index in [0.29, 0.717) is 18.0 Å². The maximum absolute atomic E-state index is 12.5. The van der Waals surface area contributed by atoms with Crippen LogP contribution in [0.15, 0.2) is 23.6 Å². The highest BCUT2D eigenvalue weighted by atomic mass is 32.1. The fourth-order valence-corrected chi connectivity index (χ4v) is 3.67. The van der Waals surface area contributed by atoms with E-state index < -0.39 is 6.04 Å². The van der Waals surface area contributed by atoms with Crippen LogP contribution in [0.25, 0.3) is 11.3 Å². The van der Waals surface area contributed by atoms with E-state index in [1.54, 1.807) is 0 Å². The molecule has 0 saturated carbocycles. The number of anilines is 2. The summed E-state index contributed by atoms with van der Waals surface area (Å²) in [6.45, 7) is 5.14. The topological polar surface area (TPSA) is 100 Å². The summed E-state index contributed by atoms with van der Waals surface area (Å²) in [5, 5.41) is 10.7. The molecule has 3 N–H and O–H groups in total. The number of carbonyl (C=O) groups is 3. The van der Waals surface area contributed by atoms with Crippen molar-refractivity contribution in [2.24, 2.45) is 5.92 Å². The van der Waals surface area contributed by atoms with Crippen LogP contribution >= 0.6 is 11.3 Å². The molecule has 2 heterocycles. The van der Waals surface area contributed by atoms with Crippen LogP contribution < -0.4 is 16.0 Å². The van der Waals surface area contributed by atoms with Crippen LogP contribution in [0.4, 0.5) is 10.8 Å². The van der Waals surface area contributed by atoms with Crippen LogP contribution in [0, 0.1) is 5.92 Å². The highest BCUT2D eigenvalue weighted by Gasteiger charge is 2.24. The molecule has 27 heavy (non-hydrogen) atoms. The largest absolute Gasteiger partial charge is 0.344 e. The van der Waals surface area contributed by atoms with E-state index in [1.807, 2.05) is 37.4 Å². The van der Waals surface area contributed by atoms with Crippen molar-refractivity contribution in [1.29, 1.82) is 0 Å². The summed E-state index contributed by atoms with van der Waals surface area (Å²) in [5.41, 5.74) is 3.62. The SMILES string of the molecule is CC(=O)NC(C(=O)Nc1nc(-c2ccc3c(c2)CCC(=O)N3)cs1)C(C)C. The van der Waals surface area contributed by atoms with Crippen LogP contribution in [-0.4, -0.2) is 28.7 Å². The van der Waals surface area contributed by atoms with Gasteiger partial charge in [0, 0.05) is 30.0 Å². The average Bonchev–Trinajstić information content (AvgIpc) is 3.07. The molecule has 1 aliphatic heterocycles. The van der Waals surface area contributed by atoms with Gasteiger partial charge in [0.1, 0.15) is 6.04 Å². The van der Waals surface area contributed by atoms with E-state index in [-0.39, 0.29) is 23.6 Å². The van der Waals surface area contributed by atoms with E-state index in [2.05, 4.69) is 20.9 Å². The molecule has 2 aromatic rings. The number of thiazole rings is 1. The Morgan fingerprint density at radius 2 is 2.04 bits per heavy atom. The average molecular weight is 386 g/mol. The van der Waals surface area contributed by atoms with Crippen molar-refractivity contribution in [3.63, 3.8) is 0 Å². The Balaban J connectivity index is 1.74. The number of nitrogens with one attached hydrogen (secondary N) is 3. The number of hydrogen-bond acceptors (Lipinski definition) is 5. The number of fused-ring (bicyclic) bond motifs is 1. The Morgan fingerprint density at radius 3 is 2.74 bits per heavy atom. The molecule has 0 aliphatic carbocycles. The monoisotopic (exact) mass is 386 g/mol. The van der Waals surface area contributed by atoms with Crippen LogP contribution in [-0.2, 0) is 20.8 Å². The number of amides is 3.